The van der Waals surface area contributed by atoms with Gasteiger partial charge in [0.05, 0.1) is 16.9 Å². The molecule has 21 heavy (non-hydrogen) atoms. The maximum absolute atomic E-state index is 13.4. The lowest BCUT2D eigenvalue weighted by Crippen LogP contribution is -2.22. The quantitative estimate of drug-likeness (QED) is 0.623. The minimum absolute atomic E-state index is 0.0829. The summed E-state index contributed by atoms with van der Waals surface area (Å²) in [6.45, 7) is 0. The highest BCUT2D eigenvalue weighted by atomic mass is 32.1. The van der Waals surface area contributed by atoms with Crippen LogP contribution in [-0.4, -0.2) is 5.11 Å². The molecule has 0 atom stereocenters. The Balaban J connectivity index is 2.16. The van der Waals surface area contributed by atoms with Gasteiger partial charge in [-0.1, -0.05) is 24.3 Å². The molecule has 7 heteroatoms. The van der Waals surface area contributed by atoms with Gasteiger partial charge in [-0.25, -0.2) is 4.39 Å². The maximum Gasteiger partial charge on any atom is 0.418 e. The number of alkyl halides is 3. The number of thiocarbonyl (C=S) groups is 1. The molecule has 2 N–H and O–H groups in total. The normalized spacial score (nSPS) is 11.0. The Morgan fingerprint density at radius 1 is 0.857 bits per heavy atom. The number of para-hydroxylation sites is 2. The van der Waals surface area contributed by atoms with E-state index in [1.807, 2.05) is 0 Å². The van der Waals surface area contributed by atoms with E-state index in [1.165, 1.54) is 36.4 Å². The van der Waals surface area contributed by atoms with E-state index in [0.717, 1.165) is 6.07 Å². The highest BCUT2D eigenvalue weighted by Crippen LogP contribution is 2.34. The van der Waals surface area contributed by atoms with E-state index in [1.54, 1.807) is 6.07 Å². The standard InChI is InChI=1S/C14H10F4N2S/c15-10-6-2-4-8-12(10)20-13(21)19-11-7-3-1-5-9(11)14(16,17)18/h1-8H,(H2,19,20,21). The predicted octanol–water partition coefficient (Wildman–Crippen LogP) is 4.65. The predicted molar refractivity (Wildman–Crippen MR) is 77.7 cm³/mol. The average Bonchev–Trinajstić information content (AvgIpc) is 2.41. The minimum Gasteiger partial charge on any atom is -0.332 e. The second kappa shape index (κ2) is 6.09. The van der Waals surface area contributed by atoms with Crippen LogP contribution in [0.1, 0.15) is 5.56 Å². The second-order valence-electron chi connectivity index (χ2n) is 4.10. The first kappa shape index (κ1) is 15.2. The molecule has 2 aromatic rings. The lowest BCUT2D eigenvalue weighted by atomic mass is 10.1. The van der Waals surface area contributed by atoms with Crippen molar-refractivity contribution < 1.29 is 17.6 Å². The van der Waals surface area contributed by atoms with Crippen molar-refractivity contribution in [1.82, 2.24) is 0 Å². The van der Waals surface area contributed by atoms with Gasteiger partial charge in [-0.15, -0.1) is 0 Å². The zero-order valence-electron chi connectivity index (χ0n) is 10.5. The van der Waals surface area contributed by atoms with Gasteiger partial charge < -0.3 is 10.6 Å². The Labute approximate surface area is 123 Å². The third kappa shape index (κ3) is 3.91. The molecule has 0 amide bonds. The molecule has 2 rings (SSSR count). The lowest BCUT2D eigenvalue weighted by Gasteiger charge is -2.15. The van der Waals surface area contributed by atoms with Crippen LogP contribution in [-0.2, 0) is 6.18 Å². The zero-order chi connectivity index (χ0) is 15.5. The van der Waals surface area contributed by atoms with E-state index in [0.29, 0.717) is 0 Å². The number of nitrogens with one attached hydrogen (secondary N) is 2. The SMILES string of the molecule is Fc1ccccc1NC(=S)Nc1ccccc1C(F)(F)F. The van der Waals surface area contributed by atoms with Crippen molar-refractivity contribution in [3.63, 3.8) is 0 Å². The summed E-state index contributed by atoms with van der Waals surface area (Å²) < 4.78 is 51.9. The zero-order valence-corrected chi connectivity index (χ0v) is 11.4. The van der Waals surface area contributed by atoms with Crippen LogP contribution in [0.5, 0.6) is 0 Å². The molecule has 0 aliphatic rings. The van der Waals surface area contributed by atoms with E-state index in [2.05, 4.69) is 10.6 Å². The van der Waals surface area contributed by atoms with Crippen molar-refractivity contribution >= 4 is 28.7 Å². The summed E-state index contributed by atoms with van der Waals surface area (Å²) >= 11 is 4.90. The Hall–Kier alpha value is -2.15. The summed E-state index contributed by atoms with van der Waals surface area (Å²) in [4.78, 5) is 0. The number of hydrogen-bond acceptors (Lipinski definition) is 1. The molecule has 0 aliphatic heterocycles. The Bertz CT molecular complexity index is 655. The van der Waals surface area contributed by atoms with Gasteiger partial charge >= 0.3 is 6.18 Å². The molecule has 0 fully saturated rings. The van der Waals surface area contributed by atoms with Gasteiger partial charge in [-0.05, 0) is 36.5 Å². The number of hydrogen-bond donors (Lipinski definition) is 2. The summed E-state index contributed by atoms with van der Waals surface area (Å²) in [7, 11) is 0. The number of benzene rings is 2. The number of halogens is 4. The monoisotopic (exact) mass is 314 g/mol. The smallest absolute Gasteiger partial charge is 0.332 e. The van der Waals surface area contributed by atoms with Crippen molar-refractivity contribution in [2.45, 2.75) is 6.18 Å². The van der Waals surface area contributed by atoms with Gasteiger partial charge in [0.1, 0.15) is 5.82 Å². The summed E-state index contributed by atoms with van der Waals surface area (Å²) in [5.74, 6) is -0.550. The molecule has 110 valence electrons. The van der Waals surface area contributed by atoms with Gasteiger partial charge in [0, 0.05) is 0 Å². The van der Waals surface area contributed by atoms with Crippen LogP contribution >= 0.6 is 12.2 Å². The summed E-state index contributed by atoms with van der Waals surface area (Å²) in [6.07, 6.45) is -4.50. The lowest BCUT2D eigenvalue weighted by molar-refractivity contribution is -0.136. The van der Waals surface area contributed by atoms with Crippen molar-refractivity contribution in [3.8, 4) is 0 Å². The van der Waals surface area contributed by atoms with E-state index in [9.17, 15) is 17.6 Å². The van der Waals surface area contributed by atoms with E-state index >= 15 is 0 Å². The second-order valence-corrected chi connectivity index (χ2v) is 4.51. The van der Waals surface area contributed by atoms with E-state index in [4.69, 9.17) is 12.2 Å². The fourth-order valence-electron chi connectivity index (χ4n) is 1.68. The van der Waals surface area contributed by atoms with Crippen molar-refractivity contribution in [2.24, 2.45) is 0 Å². The summed E-state index contributed by atoms with van der Waals surface area (Å²) in [5, 5.41) is 4.81. The fourth-order valence-corrected chi connectivity index (χ4v) is 1.90. The molecule has 0 unspecified atom stereocenters. The van der Waals surface area contributed by atoms with Crippen molar-refractivity contribution in [2.75, 3.05) is 10.6 Å². The van der Waals surface area contributed by atoms with Crippen molar-refractivity contribution in [1.29, 1.82) is 0 Å². The van der Waals surface area contributed by atoms with Gasteiger partial charge in [0.15, 0.2) is 5.11 Å². The minimum atomic E-state index is -4.50. The highest BCUT2D eigenvalue weighted by molar-refractivity contribution is 7.80. The molecule has 0 aliphatic carbocycles. The van der Waals surface area contributed by atoms with Gasteiger partial charge in [0.25, 0.3) is 0 Å². The first-order valence-electron chi connectivity index (χ1n) is 5.86. The largest absolute Gasteiger partial charge is 0.418 e. The third-order valence-corrected chi connectivity index (χ3v) is 2.81. The molecule has 0 saturated heterocycles. The van der Waals surface area contributed by atoms with Crippen LogP contribution in [0.2, 0.25) is 0 Å². The fraction of sp³-hybridized carbons (Fsp3) is 0.0714. The Kier molecular flexibility index (Phi) is 4.42. The van der Waals surface area contributed by atoms with E-state index in [-0.39, 0.29) is 16.5 Å². The first-order valence-corrected chi connectivity index (χ1v) is 6.27. The Morgan fingerprint density at radius 3 is 2.00 bits per heavy atom. The average molecular weight is 314 g/mol. The van der Waals surface area contributed by atoms with E-state index < -0.39 is 17.6 Å². The molecule has 0 spiro atoms. The third-order valence-electron chi connectivity index (χ3n) is 2.60. The van der Waals surface area contributed by atoms with Gasteiger partial charge in [-0.3, -0.25) is 0 Å². The molecule has 0 bridgehead atoms. The molecule has 2 aromatic carbocycles. The van der Waals surface area contributed by atoms with Crippen LogP contribution in [0.4, 0.5) is 28.9 Å². The molecule has 2 nitrogen and oxygen atoms in total. The topological polar surface area (TPSA) is 24.1 Å². The first-order chi connectivity index (χ1) is 9.88. The Morgan fingerprint density at radius 2 is 1.38 bits per heavy atom. The van der Waals surface area contributed by atoms with Gasteiger partial charge in [0.2, 0.25) is 0 Å². The molecular formula is C14H10F4N2S. The molecular weight excluding hydrogens is 304 g/mol. The highest BCUT2D eigenvalue weighted by Gasteiger charge is 2.33. The maximum atomic E-state index is 13.4. The molecule has 0 heterocycles. The van der Waals surface area contributed by atoms with Crippen LogP contribution < -0.4 is 10.6 Å². The van der Waals surface area contributed by atoms with Crippen LogP contribution in [0, 0.1) is 5.82 Å². The van der Waals surface area contributed by atoms with Crippen molar-refractivity contribution in [3.05, 3.63) is 59.9 Å². The van der Waals surface area contributed by atoms with Crippen LogP contribution in [0.25, 0.3) is 0 Å². The molecule has 0 aromatic heterocycles. The van der Waals surface area contributed by atoms with Crippen LogP contribution in [0.15, 0.2) is 48.5 Å². The van der Waals surface area contributed by atoms with Gasteiger partial charge in [-0.2, -0.15) is 13.2 Å². The number of anilines is 2. The summed E-state index contributed by atoms with van der Waals surface area (Å²) in [6, 6.07) is 10.6. The molecule has 0 radical (unpaired) electrons. The molecule has 0 saturated carbocycles. The van der Waals surface area contributed by atoms with Crippen LogP contribution in [0.3, 0.4) is 0 Å². The summed E-state index contributed by atoms with van der Waals surface area (Å²) in [5.41, 5.74) is -0.957. The number of rotatable bonds is 2.